The standard InChI is InChI=1S/C12H16N4O2S2/c1-15(20(17,18)16-6-2-3-7-16)9-10-4-5-11-12(8-10)14-19-13-11/h4-5,8H,2-3,6-7,9H2,1H3. The monoisotopic (exact) mass is 312 g/mol. The highest BCUT2D eigenvalue weighted by molar-refractivity contribution is 7.86. The summed E-state index contributed by atoms with van der Waals surface area (Å²) >= 11 is 1.17. The number of hydrogen-bond donors (Lipinski definition) is 0. The predicted octanol–water partition coefficient (Wildman–Crippen LogP) is 1.46. The first-order valence-corrected chi connectivity index (χ1v) is 8.63. The lowest BCUT2D eigenvalue weighted by Crippen LogP contribution is -2.39. The molecule has 0 spiro atoms. The number of benzene rings is 1. The summed E-state index contributed by atoms with van der Waals surface area (Å²) in [6.45, 7) is 1.61. The van der Waals surface area contributed by atoms with Gasteiger partial charge in [-0.2, -0.15) is 25.8 Å². The molecule has 1 aliphatic heterocycles. The Balaban J connectivity index is 1.79. The van der Waals surface area contributed by atoms with Gasteiger partial charge in [0.25, 0.3) is 10.2 Å². The largest absolute Gasteiger partial charge is 0.282 e. The molecular weight excluding hydrogens is 296 g/mol. The summed E-state index contributed by atoms with van der Waals surface area (Å²) in [6, 6.07) is 5.68. The predicted molar refractivity (Wildman–Crippen MR) is 78.6 cm³/mol. The highest BCUT2D eigenvalue weighted by Crippen LogP contribution is 2.19. The minimum atomic E-state index is -3.34. The molecule has 1 saturated heterocycles. The zero-order valence-electron chi connectivity index (χ0n) is 11.2. The van der Waals surface area contributed by atoms with E-state index >= 15 is 0 Å². The molecule has 108 valence electrons. The van der Waals surface area contributed by atoms with E-state index in [2.05, 4.69) is 8.75 Å². The Labute approximate surface area is 122 Å². The molecule has 1 aliphatic rings. The summed E-state index contributed by atoms with van der Waals surface area (Å²) in [4.78, 5) is 0. The molecule has 0 N–H and O–H groups in total. The zero-order valence-corrected chi connectivity index (χ0v) is 12.8. The van der Waals surface area contributed by atoms with Crippen molar-refractivity contribution in [2.75, 3.05) is 20.1 Å². The van der Waals surface area contributed by atoms with Crippen molar-refractivity contribution < 1.29 is 8.42 Å². The maximum atomic E-state index is 12.4. The van der Waals surface area contributed by atoms with E-state index in [1.807, 2.05) is 18.2 Å². The van der Waals surface area contributed by atoms with Gasteiger partial charge in [0.1, 0.15) is 11.0 Å². The van der Waals surface area contributed by atoms with Crippen molar-refractivity contribution in [3.8, 4) is 0 Å². The molecule has 0 radical (unpaired) electrons. The lowest BCUT2D eigenvalue weighted by Gasteiger charge is -2.23. The molecule has 0 bridgehead atoms. The smallest absolute Gasteiger partial charge is 0.195 e. The molecule has 8 heteroatoms. The molecule has 1 fully saturated rings. The van der Waals surface area contributed by atoms with Crippen LogP contribution in [0.3, 0.4) is 0 Å². The van der Waals surface area contributed by atoms with Crippen LogP contribution in [0.1, 0.15) is 18.4 Å². The van der Waals surface area contributed by atoms with Crippen LogP contribution in [0.15, 0.2) is 18.2 Å². The van der Waals surface area contributed by atoms with Gasteiger partial charge in [0.2, 0.25) is 0 Å². The molecule has 0 amide bonds. The summed E-state index contributed by atoms with van der Waals surface area (Å²) in [5.41, 5.74) is 2.60. The summed E-state index contributed by atoms with van der Waals surface area (Å²) in [5.74, 6) is 0. The highest BCUT2D eigenvalue weighted by Gasteiger charge is 2.29. The van der Waals surface area contributed by atoms with Crippen molar-refractivity contribution in [3.63, 3.8) is 0 Å². The molecule has 0 aliphatic carbocycles. The molecule has 0 atom stereocenters. The Bertz CT molecular complexity index is 707. The molecule has 6 nitrogen and oxygen atoms in total. The molecule has 0 saturated carbocycles. The number of nitrogens with zero attached hydrogens (tertiary/aromatic N) is 4. The Morgan fingerprint density at radius 3 is 2.70 bits per heavy atom. The van der Waals surface area contributed by atoms with Crippen LogP contribution < -0.4 is 0 Å². The number of fused-ring (bicyclic) bond motifs is 1. The van der Waals surface area contributed by atoms with Gasteiger partial charge in [-0.05, 0) is 30.5 Å². The van der Waals surface area contributed by atoms with E-state index in [1.54, 1.807) is 11.4 Å². The first kappa shape index (κ1) is 13.9. The van der Waals surface area contributed by atoms with Gasteiger partial charge in [-0.25, -0.2) is 0 Å². The fourth-order valence-electron chi connectivity index (χ4n) is 2.38. The summed E-state index contributed by atoms with van der Waals surface area (Å²) < 4.78 is 36.0. The third-order valence-electron chi connectivity index (χ3n) is 3.51. The second-order valence-corrected chi connectivity index (χ2v) is 7.52. The van der Waals surface area contributed by atoms with E-state index in [9.17, 15) is 8.42 Å². The van der Waals surface area contributed by atoms with Crippen LogP contribution >= 0.6 is 11.7 Å². The lowest BCUT2D eigenvalue weighted by molar-refractivity contribution is 0.392. The van der Waals surface area contributed by atoms with Gasteiger partial charge in [-0.15, -0.1) is 0 Å². The van der Waals surface area contributed by atoms with Crippen molar-refractivity contribution in [2.45, 2.75) is 19.4 Å². The van der Waals surface area contributed by atoms with Gasteiger partial charge in [0.15, 0.2) is 0 Å². The fraction of sp³-hybridized carbons (Fsp3) is 0.500. The Hall–Kier alpha value is -1.09. The second kappa shape index (κ2) is 5.36. The number of rotatable bonds is 4. The van der Waals surface area contributed by atoms with Crippen LogP contribution in [-0.4, -0.2) is 45.9 Å². The number of hydrogen-bond acceptors (Lipinski definition) is 5. The van der Waals surface area contributed by atoms with E-state index in [-0.39, 0.29) is 0 Å². The van der Waals surface area contributed by atoms with Crippen molar-refractivity contribution >= 4 is 33.0 Å². The third-order valence-corrected chi connectivity index (χ3v) is 6.00. The Morgan fingerprint density at radius 2 is 1.95 bits per heavy atom. The van der Waals surface area contributed by atoms with Crippen LogP contribution in [0.25, 0.3) is 11.0 Å². The Morgan fingerprint density at radius 1 is 1.25 bits per heavy atom. The number of aromatic nitrogens is 2. The van der Waals surface area contributed by atoms with Gasteiger partial charge in [0, 0.05) is 26.7 Å². The van der Waals surface area contributed by atoms with Crippen LogP contribution in [0.2, 0.25) is 0 Å². The van der Waals surface area contributed by atoms with Crippen molar-refractivity contribution in [1.29, 1.82) is 0 Å². The normalized spacial score (nSPS) is 17.3. The van der Waals surface area contributed by atoms with Crippen molar-refractivity contribution in [1.82, 2.24) is 17.4 Å². The molecule has 1 aromatic heterocycles. The van der Waals surface area contributed by atoms with E-state index < -0.39 is 10.2 Å². The third kappa shape index (κ3) is 2.56. The van der Waals surface area contributed by atoms with E-state index in [1.165, 1.54) is 16.0 Å². The average Bonchev–Trinajstić information content (AvgIpc) is 3.09. The fourth-order valence-corrected chi connectivity index (χ4v) is 4.32. The van der Waals surface area contributed by atoms with Gasteiger partial charge >= 0.3 is 0 Å². The van der Waals surface area contributed by atoms with Gasteiger partial charge in [0.05, 0.1) is 11.7 Å². The molecular formula is C12H16N4O2S2. The Kier molecular flexibility index (Phi) is 3.72. The van der Waals surface area contributed by atoms with Crippen LogP contribution in [-0.2, 0) is 16.8 Å². The van der Waals surface area contributed by atoms with Gasteiger partial charge < -0.3 is 0 Å². The quantitative estimate of drug-likeness (QED) is 0.857. The van der Waals surface area contributed by atoms with Gasteiger partial charge in [-0.3, -0.25) is 0 Å². The lowest BCUT2D eigenvalue weighted by atomic mass is 10.2. The molecule has 20 heavy (non-hydrogen) atoms. The summed E-state index contributed by atoms with van der Waals surface area (Å²) in [6.07, 6.45) is 1.90. The minimum Gasteiger partial charge on any atom is -0.195 e. The topological polar surface area (TPSA) is 66.4 Å². The van der Waals surface area contributed by atoms with Crippen LogP contribution in [0, 0.1) is 0 Å². The van der Waals surface area contributed by atoms with Crippen molar-refractivity contribution in [2.24, 2.45) is 0 Å². The second-order valence-electron chi connectivity index (χ2n) is 4.96. The zero-order chi connectivity index (χ0) is 14.2. The summed E-state index contributed by atoms with van der Waals surface area (Å²) in [7, 11) is -1.72. The maximum Gasteiger partial charge on any atom is 0.282 e. The van der Waals surface area contributed by atoms with Crippen LogP contribution in [0.5, 0.6) is 0 Å². The molecule has 2 heterocycles. The first-order valence-electron chi connectivity index (χ1n) is 6.50. The average molecular weight is 312 g/mol. The molecule has 2 aromatic rings. The highest BCUT2D eigenvalue weighted by atomic mass is 32.2. The van der Waals surface area contributed by atoms with Crippen molar-refractivity contribution in [3.05, 3.63) is 23.8 Å². The van der Waals surface area contributed by atoms with E-state index in [0.717, 1.165) is 29.4 Å². The van der Waals surface area contributed by atoms with Crippen LogP contribution in [0.4, 0.5) is 0 Å². The SMILES string of the molecule is CN(Cc1ccc2nsnc2c1)S(=O)(=O)N1CCCC1. The van der Waals surface area contributed by atoms with E-state index in [4.69, 9.17) is 0 Å². The molecule has 0 unspecified atom stereocenters. The minimum absolute atomic E-state index is 0.353. The van der Waals surface area contributed by atoms with Gasteiger partial charge in [-0.1, -0.05) is 6.07 Å². The van der Waals surface area contributed by atoms with E-state index in [0.29, 0.717) is 19.6 Å². The first-order chi connectivity index (χ1) is 9.57. The molecule has 3 rings (SSSR count). The maximum absolute atomic E-state index is 12.4. The summed E-state index contributed by atoms with van der Waals surface area (Å²) in [5, 5.41) is 0. The molecule has 1 aromatic carbocycles.